The van der Waals surface area contributed by atoms with Crippen LogP contribution in [-0.4, -0.2) is 24.3 Å². The quantitative estimate of drug-likeness (QED) is 0.862. The Morgan fingerprint density at radius 2 is 2.31 bits per heavy atom. The number of hydrogen-bond acceptors (Lipinski definition) is 4. The Hall–Kier alpha value is 0.0200. The summed E-state index contributed by atoms with van der Waals surface area (Å²) in [6.45, 7) is 1.80. The molecule has 0 atom stereocenters. The lowest BCUT2D eigenvalue weighted by atomic mass is 9.80. The van der Waals surface area contributed by atoms with Crippen LogP contribution < -0.4 is 4.72 Å². The van der Waals surface area contributed by atoms with E-state index in [2.05, 4.69) is 25.6 Å². The predicted octanol–water partition coefficient (Wildman–Crippen LogP) is 2.05. The molecule has 0 amide bonds. The van der Waals surface area contributed by atoms with Crippen molar-refractivity contribution in [2.45, 2.75) is 35.9 Å². The van der Waals surface area contributed by atoms with E-state index in [0.29, 0.717) is 9.54 Å². The number of sulfonamides is 1. The second-order valence-corrected chi connectivity index (χ2v) is 7.78. The van der Waals surface area contributed by atoms with E-state index >= 15 is 0 Å². The van der Waals surface area contributed by atoms with E-state index in [1.54, 1.807) is 6.92 Å². The van der Waals surface area contributed by atoms with Crippen molar-refractivity contribution in [1.29, 1.82) is 0 Å². The molecule has 1 aromatic heterocycles. The standard InChI is InChI=1S/C9H13BrN2O2S2/c1-7-11-5-8(15-7)16(13,14)12-9(6-10)3-2-4-9/h5,12H,2-4,6H2,1H3. The Morgan fingerprint density at radius 3 is 2.69 bits per heavy atom. The molecule has 0 saturated heterocycles. The smallest absolute Gasteiger partial charge is 0.249 e. The summed E-state index contributed by atoms with van der Waals surface area (Å²) in [7, 11) is -3.39. The van der Waals surface area contributed by atoms with Gasteiger partial charge in [0, 0.05) is 10.9 Å². The lowest BCUT2D eigenvalue weighted by molar-refractivity contribution is 0.256. The van der Waals surface area contributed by atoms with Gasteiger partial charge in [-0.3, -0.25) is 0 Å². The number of rotatable bonds is 4. The fraction of sp³-hybridized carbons (Fsp3) is 0.667. The van der Waals surface area contributed by atoms with Crippen LogP contribution in [0.4, 0.5) is 0 Å². The molecule has 1 N–H and O–H groups in total. The molecule has 1 heterocycles. The molecule has 0 unspecified atom stereocenters. The van der Waals surface area contributed by atoms with Crippen molar-refractivity contribution in [2.24, 2.45) is 0 Å². The predicted molar refractivity (Wildman–Crippen MR) is 67.5 cm³/mol. The molecule has 4 nitrogen and oxygen atoms in total. The number of halogens is 1. The third-order valence-electron chi connectivity index (χ3n) is 2.78. The highest BCUT2D eigenvalue weighted by Gasteiger charge is 2.40. The van der Waals surface area contributed by atoms with Gasteiger partial charge < -0.3 is 0 Å². The Bertz CT molecular complexity index is 474. The van der Waals surface area contributed by atoms with Crippen molar-refractivity contribution >= 4 is 37.3 Å². The minimum Gasteiger partial charge on any atom is -0.249 e. The maximum absolute atomic E-state index is 12.1. The summed E-state index contributed by atoms with van der Waals surface area (Å²) in [6, 6.07) is 0. The van der Waals surface area contributed by atoms with Gasteiger partial charge in [-0.05, 0) is 26.2 Å². The van der Waals surface area contributed by atoms with Gasteiger partial charge in [0.15, 0.2) is 4.21 Å². The average molecular weight is 325 g/mol. The second-order valence-electron chi connectivity index (χ2n) is 4.07. The van der Waals surface area contributed by atoms with Crippen LogP contribution in [0.25, 0.3) is 0 Å². The lowest BCUT2D eigenvalue weighted by Crippen LogP contribution is -2.54. The van der Waals surface area contributed by atoms with Gasteiger partial charge in [-0.25, -0.2) is 18.1 Å². The molecule has 7 heteroatoms. The fourth-order valence-electron chi connectivity index (χ4n) is 1.67. The average Bonchev–Trinajstić information content (AvgIpc) is 2.59. The zero-order valence-electron chi connectivity index (χ0n) is 8.86. The highest BCUT2D eigenvalue weighted by Crippen LogP contribution is 2.35. The molecule has 0 bridgehead atoms. The Morgan fingerprint density at radius 1 is 1.62 bits per heavy atom. The monoisotopic (exact) mass is 324 g/mol. The maximum atomic E-state index is 12.1. The number of aromatic nitrogens is 1. The molecule has 1 aliphatic carbocycles. The van der Waals surface area contributed by atoms with Crippen LogP contribution in [0.3, 0.4) is 0 Å². The van der Waals surface area contributed by atoms with Gasteiger partial charge in [0.25, 0.3) is 10.0 Å². The number of hydrogen-bond donors (Lipinski definition) is 1. The lowest BCUT2D eigenvalue weighted by Gasteiger charge is -2.40. The largest absolute Gasteiger partial charge is 0.252 e. The highest BCUT2D eigenvalue weighted by atomic mass is 79.9. The van der Waals surface area contributed by atoms with Gasteiger partial charge in [0.05, 0.1) is 11.2 Å². The Labute approximate surface area is 108 Å². The summed E-state index contributed by atoms with van der Waals surface area (Å²) in [5.74, 6) is 0. The van der Waals surface area contributed by atoms with Gasteiger partial charge in [-0.15, -0.1) is 11.3 Å². The van der Waals surface area contributed by atoms with Gasteiger partial charge in [-0.2, -0.15) is 0 Å². The summed E-state index contributed by atoms with van der Waals surface area (Å²) in [5, 5.41) is 1.43. The van der Waals surface area contributed by atoms with Crippen molar-refractivity contribution in [3.8, 4) is 0 Å². The minimum absolute atomic E-state index is 0.281. The summed E-state index contributed by atoms with van der Waals surface area (Å²) in [5.41, 5.74) is -0.281. The Balaban J connectivity index is 2.20. The SMILES string of the molecule is Cc1ncc(S(=O)(=O)NC2(CBr)CCC2)s1. The first-order valence-corrected chi connectivity index (χ1v) is 8.42. The van der Waals surface area contributed by atoms with Gasteiger partial charge in [-0.1, -0.05) is 15.9 Å². The number of thiazole rings is 1. The maximum Gasteiger partial charge on any atom is 0.252 e. The van der Waals surface area contributed by atoms with Crippen LogP contribution in [0.5, 0.6) is 0 Å². The summed E-state index contributed by atoms with van der Waals surface area (Å²) >= 11 is 4.58. The van der Waals surface area contributed by atoms with E-state index in [0.717, 1.165) is 24.3 Å². The van der Waals surface area contributed by atoms with E-state index in [9.17, 15) is 8.42 Å². The molecule has 1 saturated carbocycles. The van der Waals surface area contributed by atoms with Crippen molar-refractivity contribution in [3.63, 3.8) is 0 Å². The molecule has 90 valence electrons. The third-order valence-corrected chi connectivity index (χ3v) is 6.81. The second kappa shape index (κ2) is 4.36. The number of aryl methyl sites for hydroxylation is 1. The van der Waals surface area contributed by atoms with Gasteiger partial charge in [0.2, 0.25) is 0 Å². The number of nitrogens with zero attached hydrogens (tertiary/aromatic N) is 1. The molecular weight excluding hydrogens is 312 g/mol. The first kappa shape index (κ1) is 12.5. The van der Waals surface area contributed by atoms with Crippen LogP contribution in [0, 0.1) is 6.92 Å². The summed E-state index contributed by atoms with van der Waals surface area (Å²) in [6.07, 6.45) is 4.29. The molecule has 16 heavy (non-hydrogen) atoms. The highest BCUT2D eigenvalue weighted by molar-refractivity contribution is 9.09. The van der Waals surface area contributed by atoms with Crippen LogP contribution >= 0.6 is 27.3 Å². The molecule has 0 aromatic carbocycles. The van der Waals surface area contributed by atoms with Crippen molar-refractivity contribution in [2.75, 3.05) is 5.33 Å². The molecule has 2 rings (SSSR count). The van der Waals surface area contributed by atoms with Gasteiger partial charge >= 0.3 is 0 Å². The summed E-state index contributed by atoms with van der Waals surface area (Å²) in [4.78, 5) is 3.97. The van der Waals surface area contributed by atoms with Crippen LogP contribution in [0.15, 0.2) is 10.4 Å². The van der Waals surface area contributed by atoms with E-state index < -0.39 is 10.0 Å². The van der Waals surface area contributed by atoms with Crippen LogP contribution in [-0.2, 0) is 10.0 Å². The molecule has 0 spiro atoms. The van der Waals surface area contributed by atoms with Crippen LogP contribution in [0.2, 0.25) is 0 Å². The van der Waals surface area contributed by atoms with Crippen molar-refractivity contribution < 1.29 is 8.42 Å². The zero-order valence-corrected chi connectivity index (χ0v) is 12.1. The minimum atomic E-state index is -3.39. The third kappa shape index (κ3) is 2.32. The van der Waals surface area contributed by atoms with E-state index in [1.807, 2.05) is 0 Å². The van der Waals surface area contributed by atoms with Crippen molar-refractivity contribution in [1.82, 2.24) is 9.71 Å². The van der Waals surface area contributed by atoms with Crippen LogP contribution in [0.1, 0.15) is 24.3 Å². The molecule has 0 radical (unpaired) electrons. The zero-order chi connectivity index (χ0) is 11.8. The molecule has 1 aliphatic rings. The topological polar surface area (TPSA) is 59.1 Å². The number of alkyl halides is 1. The molecule has 1 aromatic rings. The molecule has 1 fully saturated rings. The first-order chi connectivity index (χ1) is 7.47. The molecular formula is C9H13BrN2O2S2. The molecule has 0 aliphatic heterocycles. The normalized spacial score (nSPS) is 19.4. The number of nitrogens with one attached hydrogen (secondary N) is 1. The van der Waals surface area contributed by atoms with E-state index in [1.165, 1.54) is 17.5 Å². The van der Waals surface area contributed by atoms with Gasteiger partial charge in [0.1, 0.15) is 0 Å². The Kier molecular flexibility index (Phi) is 3.40. The van der Waals surface area contributed by atoms with E-state index in [-0.39, 0.29) is 5.54 Å². The van der Waals surface area contributed by atoms with E-state index in [4.69, 9.17) is 0 Å². The fourth-order valence-corrected chi connectivity index (χ4v) is 5.12. The van der Waals surface area contributed by atoms with Crippen molar-refractivity contribution in [3.05, 3.63) is 11.2 Å². The first-order valence-electron chi connectivity index (χ1n) is 5.00. The summed E-state index contributed by atoms with van der Waals surface area (Å²) < 4.78 is 27.2.